The smallest absolute Gasteiger partial charge is 0.408 e. The van der Waals surface area contributed by atoms with Crippen LogP contribution in [0, 0.1) is 0 Å². The quantitative estimate of drug-likeness (QED) is 0.298. The van der Waals surface area contributed by atoms with E-state index in [1.807, 2.05) is 34.6 Å². The van der Waals surface area contributed by atoms with Crippen molar-refractivity contribution in [2.45, 2.75) is 78.4 Å². The maximum Gasteiger partial charge on any atom is 0.408 e. The van der Waals surface area contributed by atoms with E-state index in [0.717, 1.165) is 32.2 Å². The molecular weight excluding hydrogens is 358 g/mol. The summed E-state index contributed by atoms with van der Waals surface area (Å²) >= 11 is 0. The summed E-state index contributed by atoms with van der Waals surface area (Å²) in [4.78, 5) is 30.0. The van der Waals surface area contributed by atoms with Gasteiger partial charge in [0.15, 0.2) is 5.96 Å². The van der Waals surface area contributed by atoms with Crippen molar-refractivity contribution >= 4 is 18.0 Å². The summed E-state index contributed by atoms with van der Waals surface area (Å²) < 4.78 is 5.41. The second kappa shape index (κ2) is 12.5. The van der Waals surface area contributed by atoms with Crippen LogP contribution in [-0.2, 0) is 9.53 Å². The summed E-state index contributed by atoms with van der Waals surface area (Å²) in [5.74, 6) is 0.502. The van der Waals surface area contributed by atoms with Crippen molar-refractivity contribution in [2.75, 3.05) is 33.7 Å². The van der Waals surface area contributed by atoms with Gasteiger partial charge in [-0.25, -0.2) is 9.79 Å². The second-order valence-electron chi connectivity index (χ2n) is 8.20. The number of unbranched alkanes of at least 4 members (excludes halogenated alkanes) is 1. The van der Waals surface area contributed by atoms with Crippen molar-refractivity contribution in [3.63, 3.8) is 0 Å². The summed E-state index contributed by atoms with van der Waals surface area (Å²) in [5, 5.41) is 9.54. The molecule has 0 atom stereocenters. The zero-order valence-electron chi connectivity index (χ0n) is 19.1. The fourth-order valence-corrected chi connectivity index (χ4v) is 2.34. The van der Waals surface area contributed by atoms with Crippen molar-refractivity contribution in [1.82, 2.24) is 20.9 Å². The molecule has 0 radical (unpaired) electrons. The second-order valence-corrected chi connectivity index (χ2v) is 8.20. The molecule has 0 bridgehead atoms. The molecule has 0 heterocycles. The lowest BCUT2D eigenvalue weighted by Crippen LogP contribution is -2.57. The number of guanidine groups is 1. The lowest BCUT2D eigenvalue weighted by Gasteiger charge is -2.34. The first-order valence-electron chi connectivity index (χ1n) is 10.2. The summed E-state index contributed by atoms with van der Waals surface area (Å²) in [6, 6.07) is 0. The third-order valence-electron chi connectivity index (χ3n) is 4.41. The average Bonchev–Trinajstić information content (AvgIpc) is 2.60. The van der Waals surface area contributed by atoms with Gasteiger partial charge in [0.25, 0.3) is 0 Å². The molecule has 0 fully saturated rings. The first kappa shape index (κ1) is 26.0. The zero-order chi connectivity index (χ0) is 21.8. The van der Waals surface area contributed by atoms with Crippen LogP contribution in [0.3, 0.4) is 0 Å². The minimum absolute atomic E-state index is 0.0687. The van der Waals surface area contributed by atoms with Crippen LogP contribution in [0.25, 0.3) is 0 Å². The molecule has 0 aliphatic heterocycles. The van der Waals surface area contributed by atoms with Crippen molar-refractivity contribution in [1.29, 1.82) is 0 Å². The van der Waals surface area contributed by atoms with Crippen molar-refractivity contribution < 1.29 is 14.3 Å². The molecule has 8 nitrogen and oxygen atoms in total. The van der Waals surface area contributed by atoms with Gasteiger partial charge in [0.05, 0.1) is 5.54 Å². The van der Waals surface area contributed by atoms with E-state index in [1.54, 1.807) is 14.1 Å². The van der Waals surface area contributed by atoms with E-state index in [2.05, 4.69) is 27.9 Å². The number of carbonyl (C=O) groups excluding carboxylic acids is 2. The number of ether oxygens (including phenoxy) is 1. The van der Waals surface area contributed by atoms with Crippen LogP contribution in [0.5, 0.6) is 0 Å². The van der Waals surface area contributed by atoms with Gasteiger partial charge in [-0.15, -0.1) is 0 Å². The van der Waals surface area contributed by atoms with E-state index in [9.17, 15) is 9.59 Å². The number of nitrogens with one attached hydrogen (secondary N) is 3. The fraction of sp³-hybridized carbons (Fsp3) is 0.850. The minimum atomic E-state index is -0.550. The van der Waals surface area contributed by atoms with Gasteiger partial charge in [-0.05, 0) is 40.0 Å². The zero-order valence-corrected chi connectivity index (χ0v) is 19.1. The van der Waals surface area contributed by atoms with Crippen LogP contribution < -0.4 is 16.0 Å². The monoisotopic (exact) mass is 399 g/mol. The van der Waals surface area contributed by atoms with Crippen molar-refractivity contribution in [3.05, 3.63) is 0 Å². The van der Waals surface area contributed by atoms with E-state index in [1.165, 1.54) is 4.90 Å². The summed E-state index contributed by atoms with van der Waals surface area (Å²) in [6.07, 6.45) is 3.09. The molecule has 0 aliphatic carbocycles. The molecule has 3 N–H and O–H groups in total. The average molecular weight is 400 g/mol. The summed E-state index contributed by atoms with van der Waals surface area (Å²) in [7, 11) is 3.42. The standard InChI is InChI=1S/C20H41N5O3/c1-9-12-13-21-17(22-14-16(26)25(7)8)23-15-20(10-2,11-3)24-18(27)28-19(4,5)6/h9-15H2,1-8H3,(H,24,27)(H2,21,22,23). The number of likely N-dealkylation sites (N-methyl/N-ethyl adjacent to an activating group) is 1. The third-order valence-corrected chi connectivity index (χ3v) is 4.41. The van der Waals surface area contributed by atoms with E-state index in [-0.39, 0.29) is 12.5 Å². The number of hydrogen-bond donors (Lipinski definition) is 3. The highest BCUT2D eigenvalue weighted by Gasteiger charge is 2.30. The molecule has 8 heteroatoms. The Kier molecular flexibility index (Phi) is 11.6. The number of nitrogens with zero attached hydrogens (tertiary/aromatic N) is 2. The van der Waals surface area contributed by atoms with Crippen molar-refractivity contribution in [3.8, 4) is 0 Å². The number of hydrogen-bond acceptors (Lipinski definition) is 4. The lowest BCUT2D eigenvalue weighted by molar-refractivity contribution is -0.127. The largest absolute Gasteiger partial charge is 0.444 e. The van der Waals surface area contributed by atoms with Crippen LogP contribution in [0.2, 0.25) is 0 Å². The topological polar surface area (TPSA) is 95.1 Å². The number of aliphatic imine (C=N–C) groups is 1. The van der Waals surface area contributed by atoms with Gasteiger partial charge in [-0.3, -0.25) is 4.79 Å². The van der Waals surface area contributed by atoms with E-state index < -0.39 is 17.2 Å². The maximum atomic E-state index is 12.3. The number of alkyl carbamates (subject to hydrolysis) is 1. The minimum Gasteiger partial charge on any atom is -0.444 e. The van der Waals surface area contributed by atoms with Gasteiger partial charge in [0.2, 0.25) is 5.91 Å². The molecule has 0 rings (SSSR count). The predicted molar refractivity (Wildman–Crippen MR) is 115 cm³/mol. The fourth-order valence-electron chi connectivity index (χ4n) is 2.34. The first-order chi connectivity index (χ1) is 13.0. The SMILES string of the molecule is CCCCNC(=NCC(=O)N(C)C)NCC(CC)(CC)NC(=O)OC(C)(C)C. The molecule has 164 valence electrons. The van der Waals surface area contributed by atoms with Gasteiger partial charge in [0, 0.05) is 27.2 Å². The number of amides is 2. The summed E-state index contributed by atoms with van der Waals surface area (Å²) in [5.41, 5.74) is -1.02. The van der Waals surface area contributed by atoms with Gasteiger partial charge < -0.3 is 25.6 Å². The Morgan fingerprint density at radius 2 is 1.64 bits per heavy atom. The predicted octanol–water partition coefficient (Wildman–Crippen LogP) is 2.49. The normalized spacial score (nSPS) is 12.4. The Bertz CT molecular complexity index is 508. The van der Waals surface area contributed by atoms with E-state index in [4.69, 9.17) is 4.74 Å². The van der Waals surface area contributed by atoms with Gasteiger partial charge >= 0.3 is 6.09 Å². The Morgan fingerprint density at radius 1 is 1.04 bits per heavy atom. The number of carbonyl (C=O) groups is 2. The van der Waals surface area contributed by atoms with Crippen LogP contribution in [0.15, 0.2) is 4.99 Å². The molecule has 0 saturated heterocycles. The van der Waals surface area contributed by atoms with Gasteiger partial charge in [-0.2, -0.15) is 0 Å². The van der Waals surface area contributed by atoms with Crippen molar-refractivity contribution in [2.24, 2.45) is 4.99 Å². The highest BCUT2D eigenvalue weighted by Crippen LogP contribution is 2.16. The Balaban J connectivity index is 5.11. The Morgan fingerprint density at radius 3 is 2.11 bits per heavy atom. The van der Waals surface area contributed by atoms with Crippen LogP contribution >= 0.6 is 0 Å². The Hall–Kier alpha value is -1.99. The van der Waals surface area contributed by atoms with Crippen LogP contribution in [0.1, 0.15) is 67.2 Å². The highest BCUT2D eigenvalue weighted by molar-refractivity contribution is 5.84. The molecule has 0 aromatic heterocycles. The van der Waals surface area contributed by atoms with E-state index in [0.29, 0.717) is 12.5 Å². The maximum absolute atomic E-state index is 12.3. The number of rotatable bonds is 10. The molecule has 0 saturated carbocycles. The Labute approximate surface area is 170 Å². The molecule has 0 unspecified atom stereocenters. The van der Waals surface area contributed by atoms with Crippen LogP contribution in [-0.4, -0.2) is 67.7 Å². The molecule has 2 amide bonds. The summed E-state index contributed by atoms with van der Waals surface area (Å²) in [6.45, 7) is 13.0. The van der Waals surface area contributed by atoms with E-state index >= 15 is 0 Å². The van der Waals surface area contributed by atoms with Gasteiger partial charge in [-0.1, -0.05) is 27.2 Å². The van der Waals surface area contributed by atoms with Gasteiger partial charge in [0.1, 0.15) is 12.1 Å². The highest BCUT2D eigenvalue weighted by atomic mass is 16.6. The molecule has 0 spiro atoms. The molecule has 0 aliphatic rings. The molecule has 0 aromatic carbocycles. The molecular formula is C20H41N5O3. The lowest BCUT2D eigenvalue weighted by atomic mass is 9.93. The molecule has 28 heavy (non-hydrogen) atoms. The first-order valence-corrected chi connectivity index (χ1v) is 10.2. The van der Waals surface area contributed by atoms with Crippen LogP contribution in [0.4, 0.5) is 4.79 Å². The molecule has 0 aromatic rings. The third kappa shape index (κ3) is 11.0.